The Kier molecular flexibility index (Phi) is 3.32. The van der Waals surface area contributed by atoms with Crippen molar-refractivity contribution in [2.75, 3.05) is 18.1 Å². The molecule has 1 aliphatic heterocycles. The molecular weight excluding hydrogens is 240 g/mol. The van der Waals surface area contributed by atoms with Crippen LogP contribution in [0.5, 0.6) is 0 Å². The monoisotopic (exact) mass is 250 g/mol. The molecule has 1 N–H and O–H groups in total. The fourth-order valence-electron chi connectivity index (χ4n) is 1.99. The SMILES string of the molecule is N#Cc1c(Cl)cccc1N1CC(CO)CC1=O. The smallest absolute Gasteiger partial charge is 0.227 e. The van der Waals surface area contributed by atoms with E-state index >= 15 is 0 Å². The van der Waals surface area contributed by atoms with Crippen LogP contribution < -0.4 is 4.90 Å². The van der Waals surface area contributed by atoms with Gasteiger partial charge in [0.1, 0.15) is 6.07 Å². The van der Waals surface area contributed by atoms with Crippen molar-refractivity contribution in [2.45, 2.75) is 6.42 Å². The molecule has 1 amide bonds. The number of halogens is 1. The maximum Gasteiger partial charge on any atom is 0.227 e. The highest BCUT2D eigenvalue weighted by Crippen LogP contribution is 2.31. The predicted octanol–water partition coefficient (Wildman–Crippen LogP) is 1.56. The van der Waals surface area contributed by atoms with E-state index in [1.54, 1.807) is 18.2 Å². The quantitative estimate of drug-likeness (QED) is 0.866. The summed E-state index contributed by atoms with van der Waals surface area (Å²) < 4.78 is 0. The molecule has 1 aliphatic rings. The number of benzene rings is 1. The largest absolute Gasteiger partial charge is 0.396 e. The van der Waals surface area contributed by atoms with E-state index in [1.807, 2.05) is 6.07 Å². The molecule has 1 unspecified atom stereocenters. The summed E-state index contributed by atoms with van der Waals surface area (Å²) in [6.07, 6.45) is 0.313. The highest BCUT2D eigenvalue weighted by atomic mass is 35.5. The van der Waals surface area contributed by atoms with Crippen LogP contribution in [0.3, 0.4) is 0 Å². The molecule has 17 heavy (non-hydrogen) atoms. The third kappa shape index (κ3) is 2.12. The lowest BCUT2D eigenvalue weighted by Gasteiger charge is -2.18. The number of aliphatic hydroxyl groups excluding tert-OH is 1. The van der Waals surface area contributed by atoms with Crippen LogP contribution >= 0.6 is 11.6 Å². The number of aliphatic hydroxyl groups is 1. The first-order valence-corrected chi connectivity index (χ1v) is 5.65. The lowest BCUT2D eigenvalue weighted by molar-refractivity contribution is -0.117. The Morgan fingerprint density at radius 2 is 2.35 bits per heavy atom. The second-order valence-electron chi connectivity index (χ2n) is 4.00. The molecule has 88 valence electrons. The van der Waals surface area contributed by atoms with Crippen molar-refractivity contribution >= 4 is 23.2 Å². The van der Waals surface area contributed by atoms with Crippen molar-refractivity contribution in [2.24, 2.45) is 5.92 Å². The van der Waals surface area contributed by atoms with Gasteiger partial charge in [-0.05, 0) is 12.1 Å². The molecule has 1 aromatic carbocycles. The van der Waals surface area contributed by atoms with Gasteiger partial charge in [0.2, 0.25) is 5.91 Å². The van der Waals surface area contributed by atoms with Crippen molar-refractivity contribution < 1.29 is 9.90 Å². The van der Waals surface area contributed by atoms with Crippen molar-refractivity contribution in [1.82, 2.24) is 0 Å². The van der Waals surface area contributed by atoms with Gasteiger partial charge in [0.25, 0.3) is 0 Å². The lowest BCUT2D eigenvalue weighted by Crippen LogP contribution is -2.25. The van der Waals surface area contributed by atoms with Gasteiger partial charge in [0.15, 0.2) is 0 Å². The number of anilines is 1. The van der Waals surface area contributed by atoms with Gasteiger partial charge in [0.05, 0.1) is 16.3 Å². The summed E-state index contributed by atoms with van der Waals surface area (Å²) in [5.41, 5.74) is 0.835. The van der Waals surface area contributed by atoms with Crippen LogP contribution in [0.25, 0.3) is 0 Å². The zero-order valence-electron chi connectivity index (χ0n) is 9.06. The third-order valence-electron chi connectivity index (χ3n) is 2.86. The normalized spacial score (nSPS) is 19.5. The van der Waals surface area contributed by atoms with E-state index in [-0.39, 0.29) is 18.4 Å². The maximum atomic E-state index is 11.8. The maximum absolute atomic E-state index is 11.8. The van der Waals surface area contributed by atoms with Crippen LogP contribution in [-0.2, 0) is 4.79 Å². The molecule has 0 aliphatic carbocycles. The van der Waals surface area contributed by atoms with Crippen molar-refractivity contribution in [3.05, 3.63) is 28.8 Å². The standard InChI is InChI=1S/C12H11ClN2O2/c13-10-2-1-3-11(9(10)5-14)15-6-8(7-16)4-12(15)17/h1-3,8,16H,4,6-7H2. The number of carbonyl (C=O) groups excluding carboxylic acids is 1. The summed E-state index contributed by atoms with van der Waals surface area (Å²) in [5, 5.41) is 18.4. The Morgan fingerprint density at radius 3 is 2.94 bits per heavy atom. The number of nitrogens with zero attached hydrogens (tertiary/aromatic N) is 2. The van der Waals surface area contributed by atoms with Gasteiger partial charge in [0, 0.05) is 25.5 Å². The molecule has 2 rings (SSSR count). The first kappa shape index (κ1) is 11.9. The van der Waals surface area contributed by atoms with Crippen LogP contribution in [0.2, 0.25) is 5.02 Å². The van der Waals surface area contributed by atoms with Gasteiger partial charge in [-0.2, -0.15) is 5.26 Å². The van der Waals surface area contributed by atoms with Crippen LogP contribution in [0.15, 0.2) is 18.2 Å². The van der Waals surface area contributed by atoms with Crippen LogP contribution in [0.1, 0.15) is 12.0 Å². The minimum absolute atomic E-state index is 0.0231. The molecular formula is C12H11ClN2O2. The summed E-state index contributed by atoms with van der Waals surface area (Å²) in [6.45, 7) is 0.412. The van der Waals surface area contributed by atoms with Crippen LogP contribution in [0, 0.1) is 17.2 Å². The topological polar surface area (TPSA) is 64.3 Å². The zero-order chi connectivity index (χ0) is 12.4. The molecule has 5 heteroatoms. The summed E-state index contributed by atoms with van der Waals surface area (Å²) in [7, 11) is 0. The minimum atomic E-state index is -0.0807. The molecule has 0 bridgehead atoms. The molecule has 1 saturated heterocycles. The average Bonchev–Trinajstić information content (AvgIpc) is 2.70. The summed E-state index contributed by atoms with van der Waals surface area (Å²) >= 11 is 5.92. The fourth-order valence-corrected chi connectivity index (χ4v) is 2.20. The van der Waals surface area contributed by atoms with E-state index in [2.05, 4.69) is 0 Å². The van der Waals surface area contributed by atoms with Crippen LogP contribution in [0.4, 0.5) is 5.69 Å². The molecule has 0 aromatic heterocycles. The summed E-state index contributed by atoms with van der Waals surface area (Å²) in [6, 6.07) is 7.03. The minimum Gasteiger partial charge on any atom is -0.396 e. The Hall–Kier alpha value is -1.57. The van der Waals surface area contributed by atoms with Gasteiger partial charge in [-0.25, -0.2) is 0 Å². The molecule has 0 radical (unpaired) electrons. The average molecular weight is 251 g/mol. The highest BCUT2D eigenvalue weighted by Gasteiger charge is 2.31. The van der Waals surface area contributed by atoms with E-state index in [1.165, 1.54) is 4.90 Å². The second kappa shape index (κ2) is 4.74. The number of nitriles is 1. The number of rotatable bonds is 2. The predicted molar refractivity (Wildman–Crippen MR) is 63.7 cm³/mol. The second-order valence-corrected chi connectivity index (χ2v) is 4.41. The van der Waals surface area contributed by atoms with Gasteiger partial charge in [-0.15, -0.1) is 0 Å². The van der Waals surface area contributed by atoms with Crippen LogP contribution in [-0.4, -0.2) is 24.2 Å². The molecule has 1 heterocycles. The number of hydrogen-bond acceptors (Lipinski definition) is 3. The van der Waals surface area contributed by atoms with Crippen molar-refractivity contribution in [1.29, 1.82) is 5.26 Å². The van der Waals surface area contributed by atoms with Gasteiger partial charge in [-0.1, -0.05) is 17.7 Å². The van der Waals surface area contributed by atoms with E-state index in [4.69, 9.17) is 22.0 Å². The van der Waals surface area contributed by atoms with E-state index in [0.717, 1.165) is 0 Å². The Bertz CT molecular complexity index is 496. The molecule has 1 aromatic rings. The zero-order valence-corrected chi connectivity index (χ0v) is 9.81. The Balaban J connectivity index is 2.39. The molecule has 0 spiro atoms. The first-order chi connectivity index (χ1) is 8.17. The molecule has 1 atom stereocenters. The number of hydrogen-bond donors (Lipinski definition) is 1. The number of carbonyl (C=O) groups is 1. The molecule has 0 saturated carbocycles. The van der Waals surface area contributed by atoms with E-state index in [0.29, 0.717) is 29.2 Å². The van der Waals surface area contributed by atoms with E-state index in [9.17, 15) is 4.79 Å². The van der Waals surface area contributed by atoms with E-state index < -0.39 is 0 Å². The van der Waals surface area contributed by atoms with Gasteiger partial charge < -0.3 is 10.0 Å². The van der Waals surface area contributed by atoms with Crippen molar-refractivity contribution in [3.8, 4) is 6.07 Å². The van der Waals surface area contributed by atoms with Gasteiger partial charge in [-0.3, -0.25) is 4.79 Å². The summed E-state index contributed by atoms with van der Waals surface area (Å²) in [5.74, 6) is -0.143. The molecule has 4 nitrogen and oxygen atoms in total. The number of amides is 1. The Labute approximate surface area is 104 Å². The van der Waals surface area contributed by atoms with Gasteiger partial charge >= 0.3 is 0 Å². The highest BCUT2D eigenvalue weighted by molar-refractivity contribution is 6.32. The summed E-state index contributed by atoms with van der Waals surface area (Å²) in [4.78, 5) is 13.3. The fraction of sp³-hybridized carbons (Fsp3) is 0.333. The third-order valence-corrected chi connectivity index (χ3v) is 3.17. The lowest BCUT2D eigenvalue weighted by atomic mass is 10.1. The molecule has 1 fully saturated rings. The van der Waals surface area contributed by atoms with Crippen molar-refractivity contribution in [3.63, 3.8) is 0 Å². The Morgan fingerprint density at radius 1 is 1.59 bits per heavy atom. The first-order valence-electron chi connectivity index (χ1n) is 5.27.